The molecule has 3 atom stereocenters. The number of rotatable bonds is 39. The first kappa shape index (κ1) is 57.6. The van der Waals surface area contributed by atoms with Gasteiger partial charge in [0.05, 0.1) is 39.9 Å². The van der Waals surface area contributed by atoms with Crippen LogP contribution in [0.5, 0.6) is 0 Å². The molecule has 8 nitrogen and oxygen atoms in total. The molecule has 0 heterocycles. The van der Waals surface area contributed by atoms with Crippen LogP contribution in [0, 0.1) is 0 Å². The van der Waals surface area contributed by atoms with Gasteiger partial charge in [0.15, 0.2) is 0 Å². The standard InChI is InChI=1S/C52H85N2O6P/c1-6-8-10-12-14-16-18-20-21-22-23-24-25-26-27-28-29-30-31-32-33-34-36-38-40-42-44-46-52(56)53-50(49-60-61(57,58)59-48-47-54(3,4)5)51(55)45-43-41-39-37-35-19-17-15-13-11-9-7-2/h8,10,13-16,20-21,23-24,26-27,29-30,32-33,35-38,43,45,50-51,55H,6-7,9,11-12,17-19,22,25,28,31,34,39-42,44,46-49H2,1-5H3,(H-,53,56,57,58)/b10-8-,15-13+,16-14-,21-20-,24-23-,27-26-,30-29-,33-32-,37-35+,38-36-,45-43+. The van der Waals surface area contributed by atoms with Gasteiger partial charge in [0.2, 0.25) is 5.91 Å². The van der Waals surface area contributed by atoms with Crippen molar-refractivity contribution in [1.29, 1.82) is 0 Å². The summed E-state index contributed by atoms with van der Waals surface area (Å²) in [5, 5.41) is 13.7. The zero-order chi connectivity index (χ0) is 45.0. The van der Waals surface area contributed by atoms with Gasteiger partial charge in [-0.05, 0) is 103 Å². The smallest absolute Gasteiger partial charge is 0.268 e. The Morgan fingerprint density at radius 3 is 1.46 bits per heavy atom. The minimum absolute atomic E-state index is 0.0263. The van der Waals surface area contributed by atoms with Gasteiger partial charge in [0.25, 0.3) is 7.82 Å². The molecule has 61 heavy (non-hydrogen) atoms. The number of allylic oxidation sites excluding steroid dienone is 21. The van der Waals surface area contributed by atoms with Crippen molar-refractivity contribution >= 4 is 13.7 Å². The van der Waals surface area contributed by atoms with Crippen molar-refractivity contribution in [3.63, 3.8) is 0 Å². The van der Waals surface area contributed by atoms with Crippen LogP contribution >= 0.6 is 7.82 Å². The maximum Gasteiger partial charge on any atom is 0.268 e. The first-order chi connectivity index (χ1) is 29.5. The summed E-state index contributed by atoms with van der Waals surface area (Å²) in [5.41, 5.74) is 0. The summed E-state index contributed by atoms with van der Waals surface area (Å²) in [4.78, 5) is 25.3. The summed E-state index contributed by atoms with van der Waals surface area (Å²) >= 11 is 0. The number of nitrogens with one attached hydrogen (secondary N) is 1. The van der Waals surface area contributed by atoms with Crippen LogP contribution in [0.2, 0.25) is 0 Å². The molecule has 344 valence electrons. The lowest BCUT2D eigenvalue weighted by atomic mass is 10.1. The lowest BCUT2D eigenvalue weighted by Crippen LogP contribution is -2.45. The monoisotopic (exact) mass is 865 g/mol. The van der Waals surface area contributed by atoms with E-state index >= 15 is 0 Å². The maximum atomic E-state index is 12.8. The molecule has 0 radical (unpaired) electrons. The Kier molecular flexibility index (Phi) is 39.7. The Hall–Kier alpha value is -3.36. The van der Waals surface area contributed by atoms with Crippen LogP contribution in [0.1, 0.15) is 136 Å². The highest BCUT2D eigenvalue weighted by molar-refractivity contribution is 7.45. The van der Waals surface area contributed by atoms with Crippen LogP contribution in [0.3, 0.4) is 0 Å². The zero-order valence-corrected chi connectivity index (χ0v) is 39.7. The number of aliphatic hydroxyl groups is 1. The van der Waals surface area contributed by atoms with Crippen molar-refractivity contribution in [3.05, 3.63) is 134 Å². The third-order valence-electron chi connectivity index (χ3n) is 9.07. The van der Waals surface area contributed by atoms with Crippen LogP contribution in [0.15, 0.2) is 134 Å². The number of amides is 1. The summed E-state index contributed by atoms with van der Waals surface area (Å²) < 4.78 is 23.1. The zero-order valence-electron chi connectivity index (χ0n) is 38.8. The Balaban J connectivity index is 4.48. The van der Waals surface area contributed by atoms with E-state index in [1.165, 1.54) is 12.8 Å². The predicted octanol–water partition coefficient (Wildman–Crippen LogP) is 12.6. The molecule has 3 unspecified atom stereocenters. The van der Waals surface area contributed by atoms with E-state index in [4.69, 9.17) is 9.05 Å². The molecule has 0 aromatic carbocycles. The molecule has 0 rings (SSSR count). The molecule has 0 aromatic rings. The SMILES string of the molecule is CC/C=C\C/C=C\C/C=C\C/C=C\C/C=C\C/C=C\C/C=C\C/C=C\CCCCC(=O)NC(COP(=O)([O-])OCC[N+](C)(C)C)C(O)/C=C/CC/C=C/CC/C=C/CCCC. The second kappa shape index (κ2) is 42.0. The van der Waals surface area contributed by atoms with Crippen molar-refractivity contribution in [2.24, 2.45) is 0 Å². The van der Waals surface area contributed by atoms with E-state index in [1.54, 1.807) is 6.08 Å². The fourth-order valence-electron chi connectivity index (χ4n) is 5.42. The van der Waals surface area contributed by atoms with Crippen molar-refractivity contribution in [1.82, 2.24) is 5.32 Å². The number of aliphatic hydroxyl groups excluding tert-OH is 1. The minimum Gasteiger partial charge on any atom is -0.756 e. The third kappa shape index (κ3) is 44.5. The molecule has 0 fully saturated rings. The molecule has 0 spiro atoms. The first-order valence-electron chi connectivity index (χ1n) is 23.0. The summed E-state index contributed by atoms with van der Waals surface area (Å²) in [6.45, 7) is 4.37. The first-order valence-corrected chi connectivity index (χ1v) is 24.5. The number of hydrogen-bond donors (Lipinski definition) is 2. The largest absolute Gasteiger partial charge is 0.756 e. The van der Waals surface area contributed by atoms with Gasteiger partial charge in [-0.3, -0.25) is 9.36 Å². The summed E-state index contributed by atoms with van der Waals surface area (Å²) in [6, 6.07) is -0.942. The molecular weight excluding hydrogens is 780 g/mol. The summed E-state index contributed by atoms with van der Waals surface area (Å²) in [5.74, 6) is -0.263. The highest BCUT2D eigenvalue weighted by Gasteiger charge is 2.23. The van der Waals surface area contributed by atoms with Gasteiger partial charge in [0, 0.05) is 6.42 Å². The van der Waals surface area contributed by atoms with Gasteiger partial charge in [-0.25, -0.2) is 0 Å². The fraction of sp³-hybridized carbons (Fsp3) is 0.558. The number of phosphoric ester groups is 1. The van der Waals surface area contributed by atoms with E-state index < -0.39 is 26.6 Å². The molecule has 0 bridgehead atoms. The van der Waals surface area contributed by atoms with Gasteiger partial charge in [-0.1, -0.05) is 160 Å². The van der Waals surface area contributed by atoms with Gasteiger partial charge in [-0.15, -0.1) is 0 Å². The number of phosphoric acid groups is 1. The van der Waals surface area contributed by atoms with E-state index in [-0.39, 0.29) is 18.9 Å². The van der Waals surface area contributed by atoms with E-state index in [0.717, 1.165) is 89.9 Å². The van der Waals surface area contributed by atoms with Crippen LogP contribution in [-0.2, 0) is 18.4 Å². The fourth-order valence-corrected chi connectivity index (χ4v) is 6.14. The van der Waals surface area contributed by atoms with Gasteiger partial charge >= 0.3 is 0 Å². The highest BCUT2D eigenvalue weighted by Crippen LogP contribution is 2.38. The molecule has 0 saturated heterocycles. The molecule has 0 saturated carbocycles. The molecule has 1 amide bonds. The van der Waals surface area contributed by atoms with Gasteiger partial charge < -0.3 is 28.8 Å². The van der Waals surface area contributed by atoms with E-state index in [1.807, 2.05) is 27.2 Å². The number of likely N-dealkylation sites (N-methyl/N-ethyl adjacent to an activating group) is 1. The molecule has 0 aliphatic carbocycles. The van der Waals surface area contributed by atoms with Crippen molar-refractivity contribution in [3.8, 4) is 0 Å². The molecule has 9 heteroatoms. The van der Waals surface area contributed by atoms with Crippen LogP contribution in [-0.4, -0.2) is 68.5 Å². The Labute approximate surface area is 373 Å². The van der Waals surface area contributed by atoms with E-state index in [9.17, 15) is 19.4 Å². The predicted molar refractivity (Wildman–Crippen MR) is 260 cm³/mol. The number of hydrogen-bond acceptors (Lipinski definition) is 6. The molecule has 0 aliphatic rings. The number of nitrogens with zero attached hydrogens (tertiary/aromatic N) is 1. The molecule has 0 aliphatic heterocycles. The average molecular weight is 865 g/mol. The maximum absolute atomic E-state index is 12.8. The lowest BCUT2D eigenvalue weighted by Gasteiger charge is -2.29. The lowest BCUT2D eigenvalue weighted by molar-refractivity contribution is -0.870. The van der Waals surface area contributed by atoms with Crippen LogP contribution < -0.4 is 10.2 Å². The van der Waals surface area contributed by atoms with Gasteiger partial charge in [-0.2, -0.15) is 0 Å². The van der Waals surface area contributed by atoms with Crippen LogP contribution in [0.4, 0.5) is 0 Å². The molecular formula is C52H85N2O6P. The van der Waals surface area contributed by atoms with Crippen molar-refractivity contribution in [2.75, 3.05) is 40.9 Å². The summed E-state index contributed by atoms with van der Waals surface area (Å²) in [6.07, 6.45) is 63.7. The number of unbranched alkanes of at least 4 members (excludes halogenated alkanes) is 6. The third-order valence-corrected chi connectivity index (χ3v) is 10.0. The number of carbonyl (C=O) groups excluding carboxylic acids is 1. The van der Waals surface area contributed by atoms with E-state index in [0.29, 0.717) is 23.9 Å². The van der Waals surface area contributed by atoms with Crippen LogP contribution in [0.25, 0.3) is 0 Å². The second-order valence-electron chi connectivity index (χ2n) is 16.0. The topological polar surface area (TPSA) is 108 Å². The van der Waals surface area contributed by atoms with E-state index in [2.05, 4.69) is 141 Å². The number of carbonyl (C=O) groups is 1. The van der Waals surface area contributed by atoms with Crippen molar-refractivity contribution < 1.29 is 32.9 Å². The Morgan fingerprint density at radius 2 is 1.00 bits per heavy atom. The normalized spacial score (nSPS) is 15.5. The minimum atomic E-state index is -4.62. The second-order valence-corrected chi connectivity index (χ2v) is 17.4. The number of quaternary nitrogens is 1. The van der Waals surface area contributed by atoms with Crippen molar-refractivity contribution in [2.45, 2.75) is 148 Å². The van der Waals surface area contributed by atoms with Gasteiger partial charge in [0.1, 0.15) is 13.2 Å². The highest BCUT2D eigenvalue weighted by atomic mass is 31.2. The molecule has 2 N–H and O–H groups in total. The Morgan fingerprint density at radius 1 is 0.590 bits per heavy atom. The molecule has 0 aromatic heterocycles. The average Bonchev–Trinajstić information content (AvgIpc) is 3.21. The Bertz CT molecular complexity index is 1440. The quantitative estimate of drug-likeness (QED) is 0.0276. The summed E-state index contributed by atoms with van der Waals surface area (Å²) in [7, 11) is 1.18.